The van der Waals surface area contributed by atoms with Crippen LogP contribution in [-0.4, -0.2) is 30.9 Å². The number of nitrogens with zero attached hydrogens (tertiary/aromatic N) is 2. The molecule has 6 heteroatoms. The zero-order valence-corrected chi connectivity index (χ0v) is 12.8. The smallest absolute Gasteiger partial charge is 0.244 e. The molecule has 0 N–H and O–H groups in total. The SMILES string of the molecule is CCCN(C)S(=O)(=O)c1cc(CCl)n(CCC)c1. The molecule has 1 rings (SSSR count). The number of hydrogen-bond donors (Lipinski definition) is 0. The van der Waals surface area contributed by atoms with Crippen molar-refractivity contribution in [3.05, 3.63) is 18.0 Å². The maximum atomic E-state index is 12.3. The Balaban J connectivity index is 3.09. The first-order valence-electron chi connectivity index (χ1n) is 6.18. The Morgan fingerprint density at radius 3 is 2.50 bits per heavy atom. The molecule has 0 amide bonds. The quantitative estimate of drug-likeness (QED) is 0.725. The maximum absolute atomic E-state index is 12.3. The van der Waals surface area contributed by atoms with Gasteiger partial charge in [0, 0.05) is 32.0 Å². The third-order valence-corrected chi connectivity index (χ3v) is 4.90. The second kappa shape index (κ2) is 6.59. The normalized spacial score (nSPS) is 12.3. The lowest BCUT2D eigenvalue weighted by Crippen LogP contribution is -2.27. The van der Waals surface area contributed by atoms with Crippen molar-refractivity contribution < 1.29 is 8.42 Å². The zero-order valence-electron chi connectivity index (χ0n) is 11.2. The second-order valence-electron chi connectivity index (χ2n) is 4.32. The Labute approximate surface area is 115 Å². The number of aryl methyl sites for hydroxylation is 1. The Morgan fingerprint density at radius 2 is 2.00 bits per heavy atom. The Kier molecular flexibility index (Phi) is 5.69. The van der Waals surface area contributed by atoms with E-state index in [-0.39, 0.29) is 0 Å². The largest absolute Gasteiger partial charge is 0.349 e. The van der Waals surface area contributed by atoms with Gasteiger partial charge in [-0.2, -0.15) is 0 Å². The lowest BCUT2D eigenvalue weighted by atomic mass is 10.4. The van der Waals surface area contributed by atoms with E-state index in [4.69, 9.17) is 11.6 Å². The third-order valence-electron chi connectivity index (χ3n) is 2.81. The number of sulfonamides is 1. The number of alkyl halides is 1. The minimum absolute atomic E-state index is 0.326. The topological polar surface area (TPSA) is 42.3 Å². The summed E-state index contributed by atoms with van der Waals surface area (Å²) >= 11 is 5.84. The van der Waals surface area contributed by atoms with E-state index in [1.54, 1.807) is 19.3 Å². The van der Waals surface area contributed by atoms with Gasteiger partial charge in [0.25, 0.3) is 0 Å². The molecule has 0 fully saturated rings. The average molecular weight is 293 g/mol. The first kappa shape index (κ1) is 15.5. The van der Waals surface area contributed by atoms with Gasteiger partial charge in [0.2, 0.25) is 10.0 Å². The van der Waals surface area contributed by atoms with Crippen LogP contribution in [0, 0.1) is 0 Å². The maximum Gasteiger partial charge on any atom is 0.244 e. The summed E-state index contributed by atoms with van der Waals surface area (Å²) in [5, 5.41) is 0. The summed E-state index contributed by atoms with van der Waals surface area (Å²) in [4.78, 5) is 0.336. The molecule has 0 saturated carbocycles. The van der Waals surface area contributed by atoms with Gasteiger partial charge in [0.05, 0.1) is 5.88 Å². The van der Waals surface area contributed by atoms with Gasteiger partial charge in [-0.05, 0) is 18.9 Å². The van der Waals surface area contributed by atoms with Crippen molar-refractivity contribution in [1.29, 1.82) is 0 Å². The predicted molar refractivity (Wildman–Crippen MR) is 74.4 cm³/mol. The summed E-state index contributed by atoms with van der Waals surface area (Å²) in [5.74, 6) is 0.326. The molecule has 0 atom stereocenters. The van der Waals surface area contributed by atoms with Crippen LogP contribution in [0.1, 0.15) is 32.4 Å². The fourth-order valence-electron chi connectivity index (χ4n) is 1.84. The van der Waals surface area contributed by atoms with Gasteiger partial charge in [0.15, 0.2) is 0 Å². The van der Waals surface area contributed by atoms with Gasteiger partial charge in [-0.1, -0.05) is 13.8 Å². The van der Waals surface area contributed by atoms with Crippen molar-refractivity contribution in [2.24, 2.45) is 0 Å². The summed E-state index contributed by atoms with van der Waals surface area (Å²) in [6.07, 6.45) is 3.43. The molecule has 0 unspecified atom stereocenters. The molecule has 4 nitrogen and oxygen atoms in total. The molecule has 1 aromatic heterocycles. The number of aromatic nitrogens is 1. The molecule has 0 bridgehead atoms. The van der Waals surface area contributed by atoms with Crippen LogP contribution in [0.4, 0.5) is 0 Å². The molecule has 1 aromatic rings. The fraction of sp³-hybridized carbons (Fsp3) is 0.667. The predicted octanol–water partition coefficient (Wildman–Crippen LogP) is 2.67. The fourth-order valence-corrected chi connectivity index (χ4v) is 3.40. The Bertz CT molecular complexity index is 482. The highest BCUT2D eigenvalue weighted by Crippen LogP contribution is 2.20. The third kappa shape index (κ3) is 3.28. The van der Waals surface area contributed by atoms with Gasteiger partial charge in [0.1, 0.15) is 4.90 Å². The number of halogens is 1. The lowest BCUT2D eigenvalue weighted by Gasteiger charge is -2.14. The van der Waals surface area contributed by atoms with Crippen molar-refractivity contribution in [2.75, 3.05) is 13.6 Å². The van der Waals surface area contributed by atoms with Gasteiger partial charge in [-0.15, -0.1) is 11.6 Å². The molecule has 0 spiro atoms. The summed E-state index contributed by atoms with van der Waals surface area (Å²) in [5.41, 5.74) is 0.849. The standard InChI is InChI=1S/C12H21ClN2O2S/c1-4-6-14(3)18(16,17)12-8-11(9-13)15(10-12)7-5-2/h8,10H,4-7,9H2,1-3H3. The highest BCUT2D eigenvalue weighted by molar-refractivity contribution is 7.89. The van der Waals surface area contributed by atoms with Crippen LogP contribution in [0.3, 0.4) is 0 Å². The first-order valence-corrected chi connectivity index (χ1v) is 8.16. The average Bonchev–Trinajstić information content (AvgIpc) is 2.73. The van der Waals surface area contributed by atoms with Crippen LogP contribution in [-0.2, 0) is 22.4 Å². The zero-order chi connectivity index (χ0) is 13.8. The van der Waals surface area contributed by atoms with Crippen molar-refractivity contribution in [3.63, 3.8) is 0 Å². The van der Waals surface area contributed by atoms with Crippen molar-refractivity contribution in [1.82, 2.24) is 8.87 Å². The molecular formula is C12H21ClN2O2S. The van der Waals surface area contributed by atoms with Crippen molar-refractivity contribution >= 4 is 21.6 Å². The molecule has 0 aliphatic carbocycles. The first-order chi connectivity index (χ1) is 8.47. The number of rotatable bonds is 7. The van der Waals surface area contributed by atoms with E-state index in [1.165, 1.54) is 4.31 Å². The van der Waals surface area contributed by atoms with Crippen LogP contribution in [0.5, 0.6) is 0 Å². The van der Waals surface area contributed by atoms with Crippen molar-refractivity contribution in [3.8, 4) is 0 Å². The lowest BCUT2D eigenvalue weighted by molar-refractivity contribution is 0.468. The van der Waals surface area contributed by atoms with E-state index in [9.17, 15) is 8.42 Å². The minimum Gasteiger partial charge on any atom is -0.349 e. The van der Waals surface area contributed by atoms with Crippen LogP contribution < -0.4 is 0 Å². The van der Waals surface area contributed by atoms with Gasteiger partial charge in [-0.25, -0.2) is 12.7 Å². The molecule has 0 radical (unpaired) electrons. The van der Waals surface area contributed by atoms with Gasteiger partial charge >= 0.3 is 0 Å². The molecule has 0 aliphatic rings. The van der Waals surface area contributed by atoms with Crippen molar-refractivity contribution in [2.45, 2.75) is 44.0 Å². The molecule has 0 saturated heterocycles. The van der Waals surface area contributed by atoms with E-state index < -0.39 is 10.0 Å². The van der Waals surface area contributed by atoms with Crippen LogP contribution >= 0.6 is 11.6 Å². The molecule has 104 valence electrons. The monoisotopic (exact) mass is 292 g/mol. The van der Waals surface area contributed by atoms with E-state index in [0.29, 0.717) is 17.3 Å². The van der Waals surface area contributed by atoms with Crippen LogP contribution in [0.2, 0.25) is 0 Å². The number of hydrogen-bond acceptors (Lipinski definition) is 2. The highest BCUT2D eigenvalue weighted by Gasteiger charge is 2.22. The summed E-state index contributed by atoms with van der Waals surface area (Å²) in [6, 6.07) is 1.67. The Morgan fingerprint density at radius 1 is 1.33 bits per heavy atom. The van der Waals surface area contributed by atoms with E-state index in [2.05, 4.69) is 6.92 Å². The molecule has 0 aliphatic heterocycles. The van der Waals surface area contributed by atoms with Gasteiger partial charge in [-0.3, -0.25) is 0 Å². The highest BCUT2D eigenvalue weighted by atomic mass is 35.5. The second-order valence-corrected chi connectivity index (χ2v) is 6.63. The van der Waals surface area contributed by atoms with Crippen LogP contribution in [0.15, 0.2) is 17.2 Å². The van der Waals surface area contributed by atoms with E-state index in [0.717, 1.165) is 25.1 Å². The summed E-state index contributed by atoms with van der Waals surface area (Å²) in [7, 11) is -1.77. The molecule has 1 heterocycles. The van der Waals surface area contributed by atoms with Gasteiger partial charge < -0.3 is 4.57 Å². The summed E-state index contributed by atoms with van der Waals surface area (Å²) in [6.45, 7) is 5.32. The van der Waals surface area contributed by atoms with E-state index in [1.807, 2.05) is 11.5 Å². The van der Waals surface area contributed by atoms with Crippen LogP contribution in [0.25, 0.3) is 0 Å². The minimum atomic E-state index is -3.38. The molecule has 0 aromatic carbocycles. The summed E-state index contributed by atoms with van der Waals surface area (Å²) < 4.78 is 27.9. The Hall–Kier alpha value is -0.520. The molecular weight excluding hydrogens is 272 g/mol. The molecule has 18 heavy (non-hydrogen) atoms. The van der Waals surface area contributed by atoms with E-state index >= 15 is 0 Å².